The molecule has 0 saturated heterocycles. The van der Waals surface area contributed by atoms with Gasteiger partial charge < -0.3 is 14.6 Å². The van der Waals surface area contributed by atoms with Crippen LogP contribution in [0.3, 0.4) is 0 Å². The molecule has 2 heterocycles. The number of hydrogen-bond donors (Lipinski definition) is 1. The van der Waals surface area contributed by atoms with E-state index in [4.69, 9.17) is 9.26 Å². The maximum Gasteiger partial charge on any atom is 0.255 e. The third-order valence-electron chi connectivity index (χ3n) is 3.43. The lowest BCUT2D eigenvalue weighted by atomic mass is 10.2. The number of carbonyl (C=O) groups is 1. The molecule has 0 saturated carbocycles. The van der Waals surface area contributed by atoms with E-state index in [0.29, 0.717) is 29.6 Å². The van der Waals surface area contributed by atoms with Gasteiger partial charge in [0, 0.05) is 12.6 Å². The van der Waals surface area contributed by atoms with Crippen LogP contribution in [-0.4, -0.2) is 21.0 Å². The highest BCUT2D eigenvalue weighted by Crippen LogP contribution is 2.19. The molecular formula is C18H18N4O3. The van der Waals surface area contributed by atoms with Crippen LogP contribution in [0.15, 0.2) is 47.0 Å². The van der Waals surface area contributed by atoms with Gasteiger partial charge in [-0.1, -0.05) is 23.4 Å². The van der Waals surface area contributed by atoms with Crippen LogP contribution in [0.5, 0.6) is 5.75 Å². The predicted octanol–water partition coefficient (Wildman–Crippen LogP) is 2.59. The summed E-state index contributed by atoms with van der Waals surface area (Å²) < 4.78 is 10.6. The molecule has 1 N–H and O–H groups in total. The van der Waals surface area contributed by atoms with E-state index in [9.17, 15) is 4.79 Å². The number of nitrogens with one attached hydrogen (secondary N) is 1. The summed E-state index contributed by atoms with van der Waals surface area (Å²) in [6, 6.07) is 12.7. The Morgan fingerprint density at radius 3 is 2.72 bits per heavy atom. The van der Waals surface area contributed by atoms with Crippen LogP contribution in [0.1, 0.15) is 33.5 Å². The Balaban J connectivity index is 1.65. The van der Waals surface area contributed by atoms with E-state index in [-0.39, 0.29) is 12.5 Å². The molecule has 3 rings (SSSR count). The molecule has 0 fully saturated rings. The molecule has 2 aromatic heterocycles. The second-order valence-corrected chi connectivity index (χ2v) is 5.47. The Morgan fingerprint density at radius 1 is 1.12 bits per heavy atom. The van der Waals surface area contributed by atoms with Crippen molar-refractivity contribution in [2.75, 3.05) is 0 Å². The zero-order chi connectivity index (χ0) is 17.6. The molecule has 0 spiro atoms. The van der Waals surface area contributed by atoms with Crippen molar-refractivity contribution in [2.24, 2.45) is 0 Å². The average Bonchev–Trinajstić information content (AvgIpc) is 3.03. The summed E-state index contributed by atoms with van der Waals surface area (Å²) in [5, 5.41) is 6.62. The monoisotopic (exact) mass is 338 g/mol. The summed E-state index contributed by atoms with van der Waals surface area (Å²) in [4.78, 5) is 20.9. The fourth-order valence-corrected chi connectivity index (χ4v) is 2.29. The van der Waals surface area contributed by atoms with Gasteiger partial charge in [-0.25, -0.2) is 0 Å². The largest absolute Gasteiger partial charge is 0.485 e. The standard InChI is InChI=1S/C18H18N4O3/c1-12-6-5-7-14(20-12)10-19-18(23)15-8-3-4-9-16(15)24-11-17-21-13(2)25-22-17/h3-9H,10-11H2,1-2H3,(H,19,23). The van der Waals surface area contributed by atoms with Gasteiger partial charge in [0.05, 0.1) is 17.8 Å². The second kappa shape index (κ2) is 7.57. The quantitative estimate of drug-likeness (QED) is 0.743. The van der Waals surface area contributed by atoms with Crippen LogP contribution in [0.4, 0.5) is 0 Å². The van der Waals surface area contributed by atoms with E-state index >= 15 is 0 Å². The number of para-hydroxylation sites is 1. The Hall–Kier alpha value is -3.22. The third-order valence-corrected chi connectivity index (χ3v) is 3.43. The minimum Gasteiger partial charge on any atom is -0.485 e. The van der Waals surface area contributed by atoms with Crippen LogP contribution in [0.25, 0.3) is 0 Å². The summed E-state index contributed by atoms with van der Waals surface area (Å²) in [5.74, 6) is 1.12. The second-order valence-electron chi connectivity index (χ2n) is 5.47. The Morgan fingerprint density at radius 2 is 1.96 bits per heavy atom. The van der Waals surface area contributed by atoms with Crippen molar-refractivity contribution in [2.45, 2.75) is 27.0 Å². The van der Waals surface area contributed by atoms with Crippen LogP contribution < -0.4 is 10.1 Å². The number of carbonyl (C=O) groups excluding carboxylic acids is 1. The van der Waals surface area contributed by atoms with Gasteiger partial charge in [-0.15, -0.1) is 0 Å². The zero-order valence-electron chi connectivity index (χ0n) is 14.0. The Kier molecular flexibility index (Phi) is 5.03. The van der Waals surface area contributed by atoms with Crippen molar-refractivity contribution >= 4 is 5.91 Å². The van der Waals surface area contributed by atoms with Crippen molar-refractivity contribution in [3.05, 3.63) is 71.1 Å². The number of aryl methyl sites for hydroxylation is 2. The first-order valence-corrected chi connectivity index (χ1v) is 7.83. The molecular weight excluding hydrogens is 320 g/mol. The van der Waals surface area contributed by atoms with Crippen LogP contribution in [0.2, 0.25) is 0 Å². The van der Waals surface area contributed by atoms with Gasteiger partial charge in [0.25, 0.3) is 5.91 Å². The molecule has 0 aliphatic rings. The molecule has 0 radical (unpaired) electrons. The molecule has 3 aromatic rings. The first kappa shape index (κ1) is 16.6. The number of amides is 1. The fraction of sp³-hybridized carbons (Fsp3) is 0.222. The first-order chi connectivity index (χ1) is 12.1. The summed E-state index contributed by atoms with van der Waals surface area (Å²) >= 11 is 0. The molecule has 0 aliphatic heterocycles. The Bertz CT molecular complexity index is 876. The summed E-state index contributed by atoms with van der Waals surface area (Å²) in [5.41, 5.74) is 2.15. The van der Waals surface area contributed by atoms with Crippen molar-refractivity contribution < 1.29 is 14.1 Å². The highest BCUT2D eigenvalue weighted by Gasteiger charge is 2.13. The SMILES string of the molecule is Cc1cccc(CNC(=O)c2ccccc2OCc2noc(C)n2)n1. The predicted molar refractivity (Wildman–Crippen MR) is 90.0 cm³/mol. The molecule has 1 amide bonds. The zero-order valence-corrected chi connectivity index (χ0v) is 14.0. The van der Waals surface area contributed by atoms with E-state index in [1.54, 1.807) is 31.2 Å². The third kappa shape index (κ3) is 4.41. The number of aromatic nitrogens is 3. The van der Waals surface area contributed by atoms with Crippen LogP contribution in [-0.2, 0) is 13.2 Å². The molecule has 0 bridgehead atoms. The average molecular weight is 338 g/mol. The smallest absolute Gasteiger partial charge is 0.255 e. The normalized spacial score (nSPS) is 10.5. The maximum atomic E-state index is 12.5. The lowest BCUT2D eigenvalue weighted by Gasteiger charge is -2.10. The molecule has 0 atom stereocenters. The summed E-state index contributed by atoms with van der Waals surface area (Å²) in [6.07, 6.45) is 0. The van der Waals surface area contributed by atoms with Crippen molar-refractivity contribution in [3.8, 4) is 5.75 Å². The van der Waals surface area contributed by atoms with E-state index < -0.39 is 0 Å². The highest BCUT2D eigenvalue weighted by molar-refractivity contribution is 5.96. The topological polar surface area (TPSA) is 90.1 Å². The van der Waals surface area contributed by atoms with Gasteiger partial charge in [0.15, 0.2) is 6.61 Å². The van der Waals surface area contributed by atoms with Crippen molar-refractivity contribution in [1.29, 1.82) is 0 Å². The van der Waals surface area contributed by atoms with Gasteiger partial charge in [0.2, 0.25) is 11.7 Å². The number of rotatable bonds is 6. The summed E-state index contributed by atoms with van der Waals surface area (Å²) in [6.45, 7) is 4.09. The number of benzene rings is 1. The molecule has 25 heavy (non-hydrogen) atoms. The highest BCUT2D eigenvalue weighted by atomic mass is 16.5. The van der Waals surface area contributed by atoms with E-state index in [0.717, 1.165) is 11.4 Å². The van der Waals surface area contributed by atoms with Crippen LogP contribution >= 0.6 is 0 Å². The van der Waals surface area contributed by atoms with Crippen LogP contribution in [0, 0.1) is 13.8 Å². The lowest BCUT2D eigenvalue weighted by Crippen LogP contribution is -2.24. The van der Waals surface area contributed by atoms with Gasteiger partial charge in [-0.2, -0.15) is 4.98 Å². The summed E-state index contributed by atoms with van der Waals surface area (Å²) in [7, 11) is 0. The van der Waals surface area contributed by atoms with Gasteiger partial charge >= 0.3 is 0 Å². The number of ether oxygens (including phenoxy) is 1. The minimum atomic E-state index is -0.233. The molecule has 7 nitrogen and oxygen atoms in total. The van der Waals surface area contributed by atoms with E-state index in [1.165, 1.54) is 0 Å². The number of nitrogens with zero attached hydrogens (tertiary/aromatic N) is 3. The molecule has 1 aromatic carbocycles. The minimum absolute atomic E-state index is 0.126. The number of hydrogen-bond acceptors (Lipinski definition) is 6. The van der Waals surface area contributed by atoms with Gasteiger partial charge in [-0.05, 0) is 31.2 Å². The van der Waals surface area contributed by atoms with E-state index in [1.807, 2.05) is 25.1 Å². The molecule has 0 aliphatic carbocycles. The van der Waals surface area contributed by atoms with Gasteiger partial charge in [-0.3, -0.25) is 9.78 Å². The molecule has 128 valence electrons. The lowest BCUT2D eigenvalue weighted by molar-refractivity contribution is 0.0945. The van der Waals surface area contributed by atoms with E-state index in [2.05, 4.69) is 20.4 Å². The fourth-order valence-electron chi connectivity index (χ4n) is 2.29. The first-order valence-electron chi connectivity index (χ1n) is 7.83. The van der Waals surface area contributed by atoms with Crippen molar-refractivity contribution in [3.63, 3.8) is 0 Å². The number of pyridine rings is 1. The van der Waals surface area contributed by atoms with Crippen molar-refractivity contribution in [1.82, 2.24) is 20.4 Å². The Labute approximate surface area is 145 Å². The van der Waals surface area contributed by atoms with Gasteiger partial charge in [0.1, 0.15) is 5.75 Å². The molecule has 0 unspecified atom stereocenters. The molecule has 7 heteroatoms. The maximum absolute atomic E-state index is 12.5.